The van der Waals surface area contributed by atoms with Gasteiger partial charge in [0.15, 0.2) is 0 Å². The molecule has 1 aliphatic carbocycles. The van der Waals surface area contributed by atoms with Gasteiger partial charge in [-0.3, -0.25) is 14.5 Å². The molecule has 9 heteroatoms. The van der Waals surface area contributed by atoms with Gasteiger partial charge in [0.2, 0.25) is 5.91 Å². The maximum absolute atomic E-state index is 12.9. The van der Waals surface area contributed by atoms with E-state index >= 15 is 0 Å². The number of amides is 4. The monoisotopic (exact) mass is 408 g/mol. The molecule has 1 aromatic carbocycles. The normalized spacial score (nSPS) is 23.9. The summed E-state index contributed by atoms with van der Waals surface area (Å²) < 4.78 is 0. The minimum absolute atomic E-state index is 0.236. The van der Waals surface area contributed by atoms with Crippen LogP contribution in [0.25, 0.3) is 0 Å². The molecule has 1 atom stereocenters. The van der Waals surface area contributed by atoms with Gasteiger partial charge in [-0.2, -0.15) is 5.26 Å². The van der Waals surface area contributed by atoms with Gasteiger partial charge in [0.05, 0.1) is 6.07 Å². The number of nitrogens with one attached hydrogen (secondary N) is 2. The highest BCUT2D eigenvalue weighted by Gasteiger charge is 2.50. The van der Waals surface area contributed by atoms with Crippen LogP contribution in [0.1, 0.15) is 38.2 Å². The number of urea groups is 1. The van der Waals surface area contributed by atoms with Crippen LogP contribution in [0.3, 0.4) is 0 Å². The highest BCUT2D eigenvalue weighted by atomic mass is 35.5. The summed E-state index contributed by atoms with van der Waals surface area (Å²) >= 11 is 12.1. The van der Waals surface area contributed by atoms with Crippen molar-refractivity contribution in [1.29, 1.82) is 5.26 Å². The van der Waals surface area contributed by atoms with Crippen molar-refractivity contribution in [2.24, 2.45) is 0 Å². The van der Waals surface area contributed by atoms with E-state index in [-0.39, 0.29) is 5.02 Å². The van der Waals surface area contributed by atoms with Crippen molar-refractivity contribution in [3.63, 3.8) is 0 Å². The van der Waals surface area contributed by atoms with E-state index in [2.05, 4.69) is 16.7 Å². The van der Waals surface area contributed by atoms with Gasteiger partial charge in [-0.15, -0.1) is 0 Å². The average molecular weight is 409 g/mol. The van der Waals surface area contributed by atoms with E-state index in [4.69, 9.17) is 23.2 Å². The highest BCUT2D eigenvalue weighted by molar-refractivity contribution is 6.35. The quantitative estimate of drug-likeness (QED) is 0.747. The topological polar surface area (TPSA) is 102 Å². The maximum atomic E-state index is 12.9. The van der Waals surface area contributed by atoms with Gasteiger partial charge in [0.25, 0.3) is 5.91 Å². The molecule has 27 heavy (non-hydrogen) atoms. The summed E-state index contributed by atoms with van der Waals surface area (Å²) in [5.74, 6) is -1.14. The van der Waals surface area contributed by atoms with Crippen LogP contribution < -0.4 is 10.6 Å². The molecule has 1 unspecified atom stereocenters. The number of hydrogen-bond acceptors (Lipinski definition) is 4. The van der Waals surface area contributed by atoms with Gasteiger partial charge in [-0.1, -0.05) is 29.3 Å². The van der Waals surface area contributed by atoms with Crippen molar-refractivity contribution in [1.82, 2.24) is 15.5 Å². The molecular weight excluding hydrogens is 391 g/mol. The van der Waals surface area contributed by atoms with Gasteiger partial charge in [0, 0.05) is 15.6 Å². The summed E-state index contributed by atoms with van der Waals surface area (Å²) in [6, 6.07) is 6.07. The molecule has 2 N–H and O–H groups in total. The van der Waals surface area contributed by atoms with Gasteiger partial charge in [-0.05, 0) is 44.7 Å². The zero-order chi connectivity index (χ0) is 19.8. The molecule has 0 bridgehead atoms. The van der Waals surface area contributed by atoms with Crippen LogP contribution >= 0.6 is 23.2 Å². The van der Waals surface area contributed by atoms with Crippen molar-refractivity contribution in [2.45, 2.75) is 43.7 Å². The van der Waals surface area contributed by atoms with Crippen LogP contribution in [0, 0.1) is 11.3 Å². The second kappa shape index (κ2) is 7.02. The molecule has 2 fully saturated rings. The molecule has 3 rings (SSSR count). The Morgan fingerprint density at radius 3 is 2.59 bits per heavy atom. The molecule has 2 aliphatic rings. The predicted molar refractivity (Wildman–Crippen MR) is 99.0 cm³/mol. The lowest BCUT2D eigenvalue weighted by Gasteiger charge is -2.25. The molecule has 1 heterocycles. The summed E-state index contributed by atoms with van der Waals surface area (Å²) in [6.07, 6.45) is 2.83. The van der Waals surface area contributed by atoms with E-state index in [9.17, 15) is 19.6 Å². The Hall–Kier alpha value is -2.30. The lowest BCUT2D eigenvalue weighted by molar-refractivity contribution is -0.135. The fraction of sp³-hybridized carbons (Fsp3) is 0.444. The fourth-order valence-corrected chi connectivity index (χ4v) is 4.21. The largest absolute Gasteiger partial charge is 0.336 e. The van der Waals surface area contributed by atoms with Crippen molar-refractivity contribution < 1.29 is 14.4 Å². The molecule has 0 radical (unpaired) electrons. The summed E-state index contributed by atoms with van der Waals surface area (Å²) in [4.78, 5) is 38.5. The van der Waals surface area contributed by atoms with E-state index in [1.165, 1.54) is 13.0 Å². The number of carbonyl (C=O) groups excluding carboxylic acids is 3. The Morgan fingerprint density at radius 1 is 1.33 bits per heavy atom. The third-order valence-corrected chi connectivity index (χ3v) is 5.64. The second-order valence-corrected chi connectivity index (χ2v) is 7.86. The predicted octanol–water partition coefficient (Wildman–Crippen LogP) is 2.71. The summed E-state index contributed by atoms with van der Waals surface area (Å²) in [5, 5.41) is 15.3. The number of nitriles is 1. The van der Waals surface area contributed by atoms with Gasteiger partial charge < -0.3 is 10.6 Å². The Kier molecular flexibility index (Phi) is 5.06. The van der Waals surface area contributed by atoms with E-state index in [1.54, 1.807) is 12.1 Å². The first-order chi connectivity index (χ1) is 12.7. The number of hydrogen-bond donors (Lipinski definition) is 2. The molecule has 4 amide bonds. The zero-order valence-electron chi connectivity index (χ0n) is 14.6. The Bertz CT molecular complexity index is 861. The molecule has 1 aromatic rings. The molecule has 0 spiro atoms. The molecule has 0 aromatic heterocycles. The van der Waals surface area contributed by atoms with Crippen LogP contribution in [0.15, 0.2) is 18.2 Å². The molecule has 1 aliphatic heterocycles. The summed E-state index contributed by atoms with van der Waals surface area (Å²) in [5.41, 5.74) is -1.93. The SMILES string of the molecule is CC1(c2ccc(Cl)cc2Cl)NC(=O)N(CC(=O)NC2(C#N)CCCC2)C1=O. The average Bonchev–Trinajstić information content (AvgIpc) is 3.14. The lowest BCUT2D eigenvalue weighted by atomic mass is 9.92. The summed E-state index contributed by atoms with van der Waals surface area (Å²) in [7, 11) is 0. The summed E-state index contributed by atoms with van der Waals surface area (Å²) in [6.45, 7) is 1.06. The van der Waals surface area contributed by atoms with Crippen LogP contribution in [0.5, 0.6) is 0 Å². The van der Waals surface area contributed by atoms with E-state index in [0.29, 0.717) is 23.4 Å². The molecule has 142 valence electrons. The van der Waals surface area contributed by atoms with Gasteiger partial charge in [-0.25, -0.2) is 4.79 Å². The minimum Gasteiger partial charge on any atom is -0.336 e. The van der Waals surface area contributed by atoms with E-state index in [0.717, 1.165) is 17.7 Å². The van der Waals surface area contributed by atoms with Crippen molar-refractivity contribution in [3.8, 4) is 6.07 Å². The first-order valence-electron chi connectivity index (χ1n) is 8.53. The van der Waals surface area contributed by atoms with Crippen LogP contribution in [0.4, 0.5) is 4.79 Å². The molecule has 1 saturated heterocycles. The maximum Gasteiger partial charge on any atom is 0.325 e. The van der Waals surface area contributed by atoms with Crippen LogP contribution in [-0.4, -0.2) is 34.8 Å². The van der Waals surface area contributed by atoms with E-state index < -0.39 is 35.5 Å². The van der Waals surface area contributed by atoms with Gasteiger partial charge in [0.1, 0.15) is 17.6 Å². The smallest absolute Gasteiger partial charge is 0.325 e. The second-order valence-electron chi connectivity index (χ2n) is 7.02. The Morgan fingerprint density at radius 2 is 2.00 bits per heavy atom. The fourth-order valence-electron chi connectivity index (χ4n) is 3.61. The molecule has 7 nitrogen and oxygen atoms in total. The third kappa shape index (κ3) is 3.47. The number of imide groups is 1. The van der Waals surface area contributed by atoms with Crippen molar-refractivity contribution >= 4 is 41.0 Å². The number of carbonyl (C=O) groups is 3. The van der Waals surface area contributed by atoms with Crippen molar-refractivity contribution in [2.75, 3.05) is 6.54 Å². The molecular formula is C18H18Cl2N4O3. The Labute approximate surface area is 166 Å². The Balaban J connectivity index is 1.78. The zero-order valence-corrected chi connectivity index (χ0v) is 16.2. The third-order valence-electron chi connectivity index (χ3n) is 5.10. The van der Waals surface area contributed by atoms with Gasteiger partial charge >= 0.3 is 6.03 Å². The first-order valence-corrected chi connectivity index (χ1v) is 9.28. The highest BCUT2D eigenvalue weighted by Crippen LogP contribution is 2.35. The number of benzene rings is 1. The first kappa shape index (κ1) is 19.5. The number of nitrogens with zero attached hydrogens (tertiary/aromatic N) is 2. The minimum atomic E-state index is -1.40. The number of rotatable bonds is 4. The van der Waals surface area contributed by atoms with Crippen LogP contribution in [0.2, 0.25) is 10.0 Å². The standard InChI is InChI=1S/C18H18Cl2N4O3/c1-17(12-5-4-11(19)8-13(12)20)15(26)24(16(27)23-17)9-14(25)22-18(10-21)6-2-3-7-18/h4-5,8H,2-3,6-7,9H2,1H3,(H,22,25)(H,23,27). The molecule has 1 saturated carbocycles. The lowest BCUT2D eigenvalue weighted by Crippen LogP contribution is -2.50. The van der Waals surface area contributed by atoms with Crippen molar-refractivity contribution in [3.05, 3.63) is 33.8 Å². The van der Waals surface area contributed by atoms with Crippen LogP contribution in [-0.2, 0) is 15.1 Å². The number of halogens is 2. The van der Waals surface area contributed by atoms with E-state index in [1.807, 2.05) is 0 Å².